The number of esters is 1. The number of hydrogen-bond acceptors (Lipinski definition) is 6. The number of nitro benzene ring substituents is 1. The third-order valence-corrected chi connectivity index (χ3v) is 4.11. The number of nitrogens with zero attached hydrogens (tertiary/aromatic N) is 1. The summed E-state index contributed by atoms with van der Waals surface area (Å²) in [4.78, 5) is 34.9. The van der Waals surface area contributed by atoms with Crippen LogP contribution in [0.15, 0.2) is 72.8 Å². The number of carbonyl (C=O) groups excluding carboxylic acids is 2. The highest BCUT2D eigenvalue weighted by Crippen LogP contribution is 2.26. The van der Waals surface area contributed by atoms with E-state index < -0.39 is 23.4 Å². The van der Waals surface area contributed by atoms with Gasteiger partial charge in [-0.1, -0.05) is 30.3 Å². The Hall–Kier alpha value is -4.20. The average molecular weight is 406 g/mol. The molecule has 1 amide bonds. The molecule has 0 saturated carbocycles. The molecule has 0 aromatic heterocycles. The minimum atomic E-state index is -0.711. The molecular weight excluding hydrogens is 388 g/mol. The van der Waals surface area contributed by atoms with E-state index in [1.165, 1.54) is 18.2 Å². The summed E-state index contributed by atoms with van der Waals surface area (Å²) in [6.45, 7) is 1.11. The van der Waals surface area contributed by atoms with Crippen molar-refractivity contribution in [2.75, 3.05) is 11.9 Å². The van der Waals surface area contributed by atoms with E-state index >= 15 is 0 Å². The van der Waals surface area contributed by atoms with Crippen molar-refractivity contribution in [3.8, 4) is 11.5 Å². The number of ether oxygens (including phenoxy) is 2. The molecule has 3 aromatic carbocycles. The summed E-state index contributed by atoms with van der Waals surface area (Å²) < 4.78 is 10.8. The van der Waals surface area contributed by atoms with Crippen LogP contribution < -0.4 is 10.1 Å². The number of nitro groups is 1. The van der Waals surface area contributed by atoms with E-state index in [9.17, 15) is 19.7 Å². The predicted molar refractivity (Wildman–Crippen MR) is 110 cm³/mol. The SMILES string of the molecule is Cc1cc([N+](=O)[O-])ccc1NC(=O)COC(=O)c1ccccc1Oc1ccccc1. The minimum absolute atomic E-state index is 0.0769. The first kappa shape index (κ1) is 20.5. The van der Waals surface area contributed by atoms with Crippen molar-refractivity contribution in [3.05, 3.63) is 94.0 Å². The molecule has 0 aliphatic carbocycles. The summed E-state index contributed by atoms with van der Waals surface area (Å²) in [5.41, 5.74) is 1.02. The second kappa shape index (κ2) is 9.33. The molecule has 3 rings (SSSR count). The average Bonchev–Trinajstić information content (AvgIpc) is 2.74. The molecule has 1 N–H and O–H groups in total. The maximum atomic E-state index is 12.4. The molecule has 8 nitrogen and oxygen atoms in total. The lowest BCUT2D eigenvalue weighted by molar-refractivity contribution is -0.384. The monoisotopic (exact) mass is 406 g/mol. The molecule has 0 fully saturated rings. The van der Waals surface area contributed by atoms with Crippen molar-refractivity contribution >= 4 is 23.3 Å². The van der Waals surface area contributed by atoms with Gasteiger partial charge in [-0.05, 0) is 42.8 Å². The number of benzene rings is 3. The maximum absolute atomic E-state index is 12.4. The molecule has 0 bridgehead atoms. The Balaban J connectivity index is 1.62. The van der Waals surface area contributed by atoms with Crippen LogP contribution in [0.25, 0.3) is 0 Å². The normalized spacial score (nSPS) is 10.2. The lowest BCUT2D eigenvalue weighted by atomic mass is 10.2. The minimum Gasteiger partial charge on any atom is -0.456 e. The number of carbonyl (C=O) groups is 2. The van der Waals surface area contributed by atoms with Gasteiger partial charge in [-0.15, -0.1) is 0 Å². The lowest BCUT2D eigenvalue weighted by Crippen LogP contribution is -2.21. The van der Waals surface area contributed by atoms with Gasteiger partial charge in [0.05, 0.1) is 4.92 Å². The Morgan fingerprint density at radius 1 is 1.00 bits per heavy atom. The molecule has 3 aromatic rings. The number of anilines is 1. The van der Waals surface area contributed by atoms with Crippen LogP contribution >= 0.6 is 0 Å². The summed E-state index contributed by atoms with van der Waals surface area (Å²) in [5, 5.41) is 13.4. The Labute approximate surface area is 172 Å². The summed E-state index contributed by atoms with van der Waals surface area (Å²) in [5.74, 6) is -0.414. The van der Waals surface area contributed by atoms with Crippen molar-refractivity contribution < 1.29 is 24.0 Å². The van der Waals surface area contributed by atoms with Crippen LogP contribution in [0.5, 0.6) is 11.5 Å². The van der Waals surface area contributed by atoms with Crippen LogP contribution in [0, 0.1) is 17.0 Å². The third-order valence-electron chi connectivity index (χ3n) is 4.11. The zero-order valence-corrected chi connectivity index (χ0v) is 16.0. The van der Waals surface area contributed by atoms with Crippen molar-refractivity contribution in [1.82, 2.24) is 0 Å². The third kappa shape index (κ3) is 5.20. The largest absolute Gasteiger partial charge is 0.456 e. The van der Waals surface area contributed by atoms with Gasteiger partial charge in [-0.2, -0.15) is 0 Å². The van der Waals surface area contributed by atoms with Gasteiger partial charge in [0.15, 0.2) is 6.61 Å². The summed E-state index contributed by atoms with van der Waals surface area (Å²) in [7, 11) is 0. The second-order valence-electron chi connectivity index (χ2n) is 6.29. The van der Waals surface area contributed by atoms with Crippen LogP contribution in [-0.4, -0.2) is 23.4 Å². The molecule has 0 atom stereocenters. The Morgan fingerprint density at radius 3 is 2.40 bits per heavy atom. The van der Waals surface area contributed by atoms with Gasteiger partial charge in [0, 0.05) is 17.8 Å². The summed E-state index contributed by atoms with van der Waals surface area (Å²) in [6, 6.07) is 19.6. The van der Waals surface area contributed by atoms with Crippen molar-refractivity contribution in [2.45, 2.75) is 6.92 Å². The lowest BCUT2D eigenvalue weighted by Gasteiger charge is -2.11. The smallest absolute Gasteiger partial charge is 0.342 e. The topological polar surface area (TPSA) is 108 Å². The molecule has 0 unspecified atom stereocenters. The first-order chi connectivity index (χ1) is 14.4. The van der Waals surface area contributed by atoms with Crippen LogP contribution in [0.2, 0.25) is 0 Å². The number of rotatable bonds is 7. The number of aryl methyl sites for hydroxylation is 1. The molecule has 8 heteroatoms. The zero-order chi connectivity index (χ0) is 21.5. The summed E-state index contributed by atoms with van der Waals surface area (Å²) in [6.07, 6.45) is 0. The van der Waals surface area contributed by atoms with E-state index in [0.29, 0.717) is 22.7 Å². The Kier molecular flexibility index (Phi) is 6.39. The summed E-state index contributed by atoms with van der Waals surface area (Å²) >= 11 is 0. The van der Waals surface area contributed by atoms with Crippen molar-refractivity contribution in [1.29, 1.82) is 0 Å². The van der Waals surface area contributed by atoms with E-state index in [1.54, 1.807) is 55.5 Å². The van der Waals surface area contributed by atoms with E-state index in [-0.39, 0.29) is 11.3 Å². The van der Waals surface area contributed by atoms with Crippen LogP contribution in [0.4, 0.5) is 11.4 Å². The van der Waals surface area contributed by atoms with Gasteiger partial charge in [0.2, 0.25) is 0 Å². The molecule has 0 saturated heterocycles. The number of hydrogen-bond donors (Lipinski definition) is 1. The highest BCUT2D eigenvalue weighted by molar-refractivity contribution is 5.97. The van der Waals surface area contributed by atoms with Crippen molar-refractivity contribution in [2.24, 2.45) is 0 Å². The highest BCUT2D eigenvalue weighted by atomic mass is 16.6. The Bertz CT molecular complexity index is 1080. The molecule has 152 valence electrons. The number of non-ortho nitro benzene ring substituents is 1. The number of para-hydroxylation sites is 2. The van der Waals surface area contributed by atoms with Gasteiger partial charge in [0.1, 0.15) is 17.1 Å². The molecule has 0 radical (unpaired) electrons. The fourth-order valence-corrected chi connectivity index (χ4v) is 2.64. The predicted octanol–water partition coefficient (Wildman–Crippen LogP) is 4.49. The van der Waals surface area contributed by atoms with E-state index in [4.69, 9.17) is 9.47 Å². The number of amides is 1. The second-order valence-corrected chi connectivity index (χ2v) is 6.29. The molecule has 30 heavy (non-hydrogen) atoms. The van der Waals surface area contributed by atoms with Gasteiger partial charge in [0.25, 0.3) is 11.6 Å². The zero-order valence-electron chi connectivity index (χ0n) is 16.0. The van der Waals surface area contributed by atoms with E-state index in [0.717, 1.165) is 0 Å². The van der Waals surface area contributed by atoms with E-state index in [2.05, 4.69) is 5.32 Å². The van der Waals surface area contributed by atoms with Crippen molar-refractivity contribution in [3.63, 3.8) is 0 Å². The highest BCUT2D eigenvalue weighted by Gasteiger charge is 2.17. The molecule has 0 aliphatic heterocycles. The Morgan fingerprint density at radius 2 is 1.70 bits per heavy atom. The van der Waals surface area contributed by atoms with Gasteiger partial charge >= 0.3 is 5.97 Å². The van der Waals surface area contributed by atoms with E-state index in [1.807, 2.05) is 6.07 Å². The molecule has 0 aliphatic rings. The first-order valence-electron chi connectivity index (χ1n) is 8.98. The maximum Gasteiger partial charge on any atom is 0.342 e. The molecule has 0 spiro atoms. The first-order valence-corrected chi connectivity index (χ1v) is 8.98. The van der Waals surface area contributed by atoms with Gasteiger partial charge in [-0.25, -0.2) is 4.79 Å². The standard InChI is InChI=1S/C22H18N2O6/c1-15-13-16(24(27)28)11-12-19(15)23-21(25)14-29-22(26)18-9-5-6-10-20(18)30-17-7-3-2-4-8-17/h2-13H,14H2,1H3,(H,23,25). The van der Waals surface area contributed by atoms with Crippen LogP contribution in [-0.2, 0) is 9.53 Å². The van der Waals surface area contributed by atoms with Gasteiger partial charge in [-0.3, -0.25) is 14.9 Å². The van der Waals surface area contributed by atoms with Crippen LogP contribution in [0.3, 0.4) is 0 Å². The van der Waals surface area contributed by atoms with Crippen LogP contribution in [0.1, 0.15) is 15.9 Å². The quantitative estimate of drug-likeness (QED) is 0.352. The van der Waals surface area contributed by atoms with Gasteiger partial charge < -0.3 is 14.8 Å². The number of nitrogens with one attached hydrogen (secondary N) is 1. The molecular formula is C22H18N2O6. The fraction of sp³-hybridized carbons (Fsp3) is 0.0909. The molecule has 0 heterocycles. The fourth-order valence-electron chi connectivity index (χ4n) is 2.64.